The van der Waals surface area contributed by atoms with E-state index in [2.05, 4.69) is 24.4 Å². The molecular formula is C16H25NO2. The molecule has 3 nitrogen and oxygen atoms in total. The molecule has 0 aliphatic heterocycles. The minimum Gasteiger partial charge on any atom is -0.493 e. The lowest BCUT2D eigenvalue weighted by Crippen LogP contribution is -2.19. The van der Waals surface area contributed by atoms with Gasteiger partial charge in [-0.05, 0) is 38.5 Å². The number of rotatable bonds is 9. The first-order valence-corrected chi connectivity index (χ1v) is 6.88. The van der Waals surface area contributed by atoms with Crippen molar-refractivity contribution in [1.82, 2.24) is 5.32 Å². The molecule has 0 saturated carbocycles. The molecule has 0 atom stereocenters. The highest BCUT2D eigenvalue weighted by Gasteiger charge is 2.03. The Kier molecular flexibility index (Phi) is 7.94. The Bertz CT molecular complexity index is 388. The van der Waals surface area contributed by atoms with Crippen molar-refractivity contribution in [3.05, 3.63) is 35.9 Å². The summed E-state index contributed by atoms with van der Waals surface area (Å²) in [4.78, 5) is 0. The smallest absolute Gasteiger partial charge is 0.126 e. The normalized spacial score (nSPS) is 11.6. The molecular weight excluding hydrogens is 238 g/mol. The van der Waals surface area contributed by atoms with E-state index in [4.69, 9.17) is 9.47 Å². The van der Waals surface area contributed by atoms with E-state index < -0.39 is 0 Å². The molecule has 0 spiro atoms. The first-order chi connectivity index (χ1) is 9.29. The molecule has 0 fully saturated rings. The molecule has 0 aromatic heterocycles. The number of hydrogen-bond donors (Lipinski definition) is 1. The van der Waals surface area contributed by atoms with Gasteiger partial charge in [0.2, 0.25) is 0 Å². The van der Waals surface area contributed by atoms with E-state index in [0.717, 1.165) is 31.9 Å². The Morgan fingerprint density at radius 2 is 2.05 bits per heavy atom. The molecule has 0 radical (unpaired) electrons. The van der Waals surface area contributed by atoms with Crippen LogP contribution < -0.4 is 10.1 Å². The van der Waals surface area contributed by atoms with Gasteiger partial charge in [-0.25, -0.2) is 0 Å². The summed E-state index contributed by atoms with van der Waals surface area (Å²) in [7, 11) is 1.72. The molecule has 1 N–H and O–H groups in total. The molecule has 19 heavy (non-hydrogen) atoms. The van der Waals surface area contributed by atoms with Gasteiger partial charge in [0.25, 0.3) is 0 Å². The van der Waals surface area contributed by atoms with Gasteiger partial charge in [0.15, 0.2) is 0 Å². The van der Waals surface area contributed by atoms with E-state index in [-0.39, 0.29) is 0 Å². The number of benzene rings is 1. The summed E-state index contributed by atoms with van der Waals surface area (Å²) >= 11 is 0. The zero-order chi connectivity index (χ0) is 13.9. The fraction of sp³-hybridized carbons (Fsp3) is 0.500. The van der Waals surface area contributed by atoms with Gasteiger partial charge in [0.1, 0.15) is 5.75 Å². The Hall–Kier alpha value is -1.32. The molecule has 0 unspecified atom stereocenters. The molecule has 0 bridgehead atoms. The monoisotopic (exact) mass is 263 g/mol. The fourth-order valence-corrected chi connectivity index (χ4v) is 1.87. The second kappa shape index (κ2) is 9.59. The molecule has 0 amide bonds. The summed E-state index contributed by atoms with van der Waals surface area (Å²) in [6, 6.07) is 8.18. The summed E-state index contributed by atoms with van der Waals surface area (Å²) in [5.74, 6) is 0.964. The van der Waals surface area contributed by atoms with Crippen molar-refractivity contribution in [1.29, 1.82) is 0 Å². The van der Waals surface area contributed by atoms with Gasteiger partial charge in [-0.2, -0.15) is 0 Å². The molecule has 0 heterocycles. The topological polar surface area (TPSA) is 30.5 Å². The van der Waals surface area contributed by atoms with Crippen LogP contribution in [0.3, 0.4) is 0 Å². The van der Waals surface area contributed by atoms with Crippen molar-refractivity contribution in [2.45, 2.75) is 20.3 Å². The van der Waals surface area contributed by atoms with Crippen LogP contribution in [0.25, 0.3) is 5.57 Å². The summed E-state index contributed by atoms with van der Waals surface area (Å²) in [6.45, 7) is 7.47. The highest BCUT2D eigenvalue weighted by molar-refractivity contribution is 5.68. The quantitative estimate of drug-likeness (QED) is 0.694. The SMILES string of the molecule is CCOc1ccccc1C(C)=CCCNCCOC. The predicted molar refractivity (Wildman–Crippen MR) is 80.6 cm³/mol. The van der Waals surface area contributed by atoms with Crippen LogP contribution in [0.5, 0.6) is 5.75 Å². The maximum Gasteiger partial charge on any atom is 0.126 e. The number of nitrogens with one attached hydrogen (secondary N) is 1. The second-order valence-corrected chi connectivity index (χ2v) is 4.35. The molecule has 0 saturated heterocycles. The van der Waals surface area contributed by atoms with Crippen molar-refractivity contribution in [2.24, 2.45) is 0 Å². The Balaban J connectivity index is 2.49. The Morgan fingerprint density at radius 1 is 1.26 bits per heavy atom. The molecule has 0 aliphatic rings. The van der Waals surface area contributed by atoms with Gasteiger partial charge in [-0.15, -0.1) is 0 Å². The first-order valence-electron chi connectivity index (χ1n) is 6.88. The third-order valence-electron chi connectivity index (χ3n) is 2.87. The third-order valence-corrected chi connectivity index (χ3v) is 2.87. The van der Waals surface area contributed by atoms with Crippen molar-refractivity contribution < 1.29 is 9.47 Å². The Morgan fingerprint density at radius 3 is 2.79 bits per heavy atom. The van der Waals surface area contributed by atoms with Crippen LogP contribution in [-0.2, 0) is 4.74 Å². The van der Waals surface area contributed by atoms with Gasteiger partial charge in [0, 0.05) is 19.2 Å². The highest BCUT2D eigenvalue weighted by atomic mass is 16.5. The van der Waals surface area contributed by atoms with Crippen LogP contribution in [0.15, 0.2) is 30.3 Å². The van der Waals surface area contributed by atoms with Gasteiger partial charge >= 0.3 is 0 Å². The van der Waals surface area contributed by atoms with Crippen LogP contribution in [0, 0.1) is 0 Å². The largest absolute Gasteiger partial charge is 0.493 e. The van der Waals surface area contributed by atoms with Gasteiger partial charge in [-0.3, -0.25) is 0 Å². The molecule has 0 aliphatic carbocycles. The average Bonchev–Trinajstić information content (AvgIpc) is 2.43. The molecule has 106 valence electrons. The van der Waals surface area contributed by atoms with Crippen LogP contribution in [0.2, 0.25) is 0 Å². The standard InChI is InChI=1S/C16H25NO2/c1-4-19-16-10-6-5-9-15(16)14(2)8-7-11-17-12-13-18-3/h5-6,8-10,17H,4,7,11-13H2,1-3H3. The molecule has 1 rings (SSSR count). The van der Waals surface area contributed by atoms with Crippen LogP contribution in [0.1, 0.15) is 25.8 Å². The number of ether oxygens (including phenoxy) is 2. The van der Waals surface area contributed by atoms with E-state index >= 15 is 0 Å². The van der Waals surface area contributed by atoms with Crippen LogP contribution in [0.4, 0.5) is 0 Å². The molecule has 1 aromatic rings. The van der Waals surface area contributed by atoms with Crippen molar-refractivity contribution >= 4 is 5.57 Å². The molecule has 1 aromatic carbocycles. The maximum atomic E-state index is 5.64. The summed E-state index contributed by atoms with van der Waals surface area (Å²) in [6.07, 6.45) is 3.26. The summed E-state index contributed by atoms with van der Waals surface area (Å²) in [5.41, 5.74) is 2.44. The van der Waals surface area contributed by atoms with E-state index in [9.17, 15) is 0 Å². The average molecular weight is 263 g/mol. The van der Waals surface area contributed by atoms with E-state index in [1.165, 1.54) is 11.1 Å². The number of hydrogen-bond acceptors (Lipinski definition) is 3. The lowest BCUT2D eigenvalue weighted by molar-refractivity contribution is 0.199. The summed E-state index contributed by atoms with van der Waals surface area (Å²) < 4.78 is 10.6. The fourth-order valence-electron chi connectivity index (χ4n) is 1.87. The van der Waals surface area contributed by atoms with Crippen molar-refractivity contribution in [3.8, 4) is 5.75 Å². The number of methoxy groups -OCH3 is 1. The van der Waals surface area contributed by atoms with Crippen molar-refractivity contribution in [3.63, 3.8) is 0 Å². The van der Waals surface area contributed by atoms with Crippen LogP contribution in [-0.4, -0.2) is 33.4 Å². The zero-order valence-electron chi connectivity index (χ0n) is 12.2. The minimum absolute atomic E-state index is 0.697. The van der Waals surface area contributed by atoms with Crippen molar-refractivity contribution in [2.75, 3.05) is 33.4 Å². The first kappa shape index (κ1) is 15.7. The number of allylic oxidation sites excluding steroid dienone is 1. The van der Waals surface area contributed by atoms with E-state index in [1.807, 2.05) is 25.1 Å². The second-order valence-electron chi connectivity index (χ2n) is 4.35. The minimum atomic E-state index is 0.697. The van der Waals surface area contributed by atoms with Crippen LogP contribution >= 0.6 is 0 Å². The van der Waals surface area contributed by atoms with Gasteiger partial charge in [-0.1, -0.05) is 24.3 Å². The predicted octanol–water partition coefficient (Wildman–Crippen LogP) is 3.11. The Labute approximate surface area is 116 Å². The van der Waals surface area contributed by atoms with E-state index in [0.29, 0.717) is 6.61 Å². The summed E-state index contributed by atoms with van der Waals surface area (Å²) in [5, 5.41) is 3.33. The van der Waals surface area contributed by atoms with Gasteiger partial charge < -0.3 is 14.8 Å². The van der Waals surface area contributed by atoms with E-state index in [1.54, 1.807) is 7.11 Å². The lowest BCUT2D eigenvalue weighted by Gasteiger charge is -2.10. The maximum absolute atomic E-state index is 5.64. The van der Waals surface area contributed by atoms with Gasteiger partial charge in [0.05, 0.1) is 13.2 Å². The number of para-hydroxylation sites is 1. The third kappa shape index (κ3) is 5.90. The molecule has 3 heteroatoms. The highest BCUT2D eigenvalue weighted by Crippen LogP contribution is 2.25. The lowest BCUT2D eigenvalue weighted by atomic mass is 10.1. The zero-order valence-corrected chi connectivity index (χ0v) is 12.2.